The monoisotopic (exact) mass is 265 g/mol. The number of ether oxygens (including phenoxy) is 2. The molecule has 1 aromatic carbocycles. The van der Waals surface area contributed by atoms with Crippen LogP contribution in [0.4, 0.5) is 0 Å². The van der Waals surface area contributed by atoms with Gasteiger partial charge in [-0.1, -0.05) is 12.8 Å². The third-order valence-electron chi connectivity index (χ3n) is 3.79. The van der Waals surface area contributed by atoms with Crippen LogP contribution >= 0.6 is 0 Å². The van der Waals surface area contributed by atoms with E-state index in [-0.39, 0.29) is 12.6 Å². The topological polar surface area (TPSA) is 50.7 Å². The van der Waals surface area contributed by atoms with Crippen molar-refractivity contribution in [3.63, 3.8) is 0 Å². The maximum absolute atomic E-state index is 9.66. The highest BCUT2D eigenvalue weighted by molar-refractivity contribution is 5.42. The smallest absolute Gasteiger partial charge is 0.123 e. The van der Waals surface area contributed by atoms with E-state index in [9.17, 15) is 5.11 Å². The van der Waals surface area contributed by atoms with Gasteiger partial charge < -0.3 is 19.9 Å². The Hall–Kier alpha value is -1.26. The highest BCUT2D eigenvalue weighted by atomic mass is 16.5. The van der Waals surface area contributed by atoms with Crippen molar-refractivity contribution in [3.8, 4) is 11.5 Å². The van der Waals surface area contributed by atoms with Crippen LogP contribution in [0.1, 0.15) is 37.3 Å². The Bertz CT molecular complexity index is 402. The van der Waals surface area contributed by atoms with E-state index >= 15 is 0 Å². The summed E-state index contributed by atoms with van der Waals surface area (Å²) in [6.45, 7) is 0.0556. The second-order valence-electron chi connectivity index (χ2n) is 4.99. The molecule has 0 aliphatic heterocycles. The summed E-state index contributed by atoms with van der Waals surface area (Å²) in [5.74, 6) is 1.56. The molecule has 19 heavy (non-hydrogen) atoms. The quantitative estimate of drug-likeness (QED) is 0.828. The molecule has 0 saturated heterocycles. The van der Waals surface area contributed by atoms with Gasteiger partial charge in [0.1, 0.15) is 11.5 Å². The molecule has 2 rings (SSSR count). The molecule has 0 bridgehead atoms. The van der Waals surface area contributed by atoms with Crippen molar-refractivity contribution in [2.45, 2.75) is 37.8 Å². The maximum Gasteiger partial charge on any atom is 0.123 e. The lowest BCUT2D eigenvalue weighted by molar-refractivity contribution is 0.229. The number of aliphatic hydroxyl groups is 1. The fourth-order valence-electron chi connectivity index (χ4n) is 2.73. The van der Waals surface area contributed by atoms with E-state index in [1.54, 1.807) is 14.2 Å². The predicted molar refractivity (Wildman–Crippen MR) is 74.8 cm³/mol. The van der Waals surface area contributed by atoms with Gasteiger partial charge in [0.25, 0.3) is 0 Å². The number of hydrogen-bond acceptors (Lipinski definition) is 4. The Labute approximate surface area is 114 Å². The number of benzene rings is 1. The van der Waals surface area contributed by atoms with Crippen molar-refractivity contribution in [2.24, 2.45) is 0 Å². The number of methoxy groups -OCH3 is 2. The van der Waals surface area contributed by atoms with E-state index in [0.717, 1.165) is 17.1 Å². The minimum atomic E-state index is -0.104. The third-order valence-corrected chi connectivity index (χ3v) is 3.79. The predicted octanol–water partition coefficient (Wildman–Crippen LogP) is 2.27. The lowest BCUT2D eigenvalue weighted by atomic mass is 10.0. The van der Waals surface area contributed by atoms with E-state index in [2.05, 4.69) is 5.32 Å². The van der Waals surface area contributed by atoms with E-state index in [4.69, 9.17) is 9.47 Å². The van der Waals surface area contributed by atoms with E-state index in [1.807, 2.05) is 18.2 Å². The summed E-state index contributed by atoms with van der Waals surface area (Å²) in [4.78, 5) is 0. The van der Waals surface area contributed by atoms with Crippen molar-refractivity contribution in [3.05, 3.63) is 23.8 Å². The van der Waals surface area contributed by atoms with Crippen molar-refractivity contribution in [1.29, 1.82) is 0 Å². The van der Waals surface area contributed by atoms with Gasteiger partial charge in [-0.15, -0.1) is 0 Å². The van der Waals surface area contributed by atoms with Gasteiger partial charge in [0.05, 0.1) is 26.9 Å². The maximum atomic E-state index is 9.66. The zero-order valence-corrected chi connectivity index (χ0v) is 11.7. The van der Waals surface area contributed by atoms with Crippen LogP contribution < -0.4 is 14.8 Å². The fourth-order valence-corrected chi connectivity index (χ4v) is 2.73. The minimum Gasteiger partial charge on any atom is -0.497 e. The summed E-state index contributed by atoms with van der Waals surface area (Å²) >= 11 is 0. The Morgan fingerprint density at radius 3 is 2.58 bits per heavy atom. The van der Waals surface area contributed by atoms with Crippen molar-refractivity contribution < 1.29 is 14.6 Å². The third kappa shape index (κ3) is 3.39. The molecule has 1 saturated carbocycles. The molecule has 4 nitrogen and oxygen atoms in total. The molecule has 1 aliphatic carbocycles. The second-order valence-corrected chi connectivity index (χ2v) is 4.99. The summed E-state index contributed by atoms with van der Waals surface area (Å²) in [5, 5.41) is 13.2. The van der Waals surface area contributed by atoms with E-state index in [1.165, 1.54) is 25.7 Å². The molecule has 0 heterocycles. The Balaban J connectivity index is 2.19. The summed E-state index contributed by atoms with van der Waals surface area (Å²) in [7, 11) is 3.29. The molecule has 1 fully saturated rings. The largest absolute Gasteiger partial charge is 0.497 e. The molecule has 4 heteroatoms. The molecule has 0 aromatic heterocycles. The van der Waals surface area contributed by atoms with Crippen LogP contribution in [0.2, 0.25) is 0 Å². The molecular weight excluding hydrogens is 242 g/mol. The number of hydrogen-bond donors (Lipinski definition) is 2. The van der Waals surface area contributed by atoms with Gasteiger partial charge in [-0.05, 0) is 31.0 Å². The summed E-state index contributed by atoms with van der Waals surface area (Å²) in [6.07, 6.45) is 4.90. The van der Waals surface area contributed by atoms with Crippen LogP contribution in [0.5, 0.6) is 11.5 Å². The SMILES string of the molecule is COc1ccc(OC)c(C(CO)NC2CCCC2)c1. The lowest BCUT2D eigenvalue weighted by Gasteiger charge is -2.23. The van der Waals surface area contributed by atoms with Crippen LogP contribution in [0.15, 0.2) is 18.2 Å². The Morgan fingerprint density at radius 2 is 2.00 bits per heavy atom. The van der Waals surface area contributed by atoms with Gasteiger partial charge in [0, 0.05) is 11.6 Å². The average Bonchev–Trinajstić information content (AvgIpc) is 2.97. The molecule has 106 valence electrons. The summed E-state index contributed by atoms with van der Waals surface area (Å²) in [6, 6.07) is 6.07. The van der Waals surface area contributed by atoms with Crippen LogP contribution in [-0.4, -0.2) is 32.0 Å². The molecule has 0 amide bonds. The normalized spacial score (nSPS) is 17.4. The first-order valence-electron chi connectivity index (χ1n) is 6.87. The molecule has 1 aliphatic rings. The average molecular weight is 265 g/mol. The van der Waals surface area contributed by atoms with E-state index < -0.39 is 0 Å². The van der Waals surface area contributed by atoms with Crippen LogP contribution in [-0.2, 0) is 0 Å². The molecule has 1 unspecified atom stereocenters. The molecular formula is C15H23NO3. The van der Waals surface area contributed by atoms with Crippen molar-refractivity contribution >= 4 is 0 Å². The number of aliphatic hydroxyl groups excluding tert-OH is 1. The number of rotatable bonds is 6. The fraction of sp³-hybridized carbons (Fsp3) is 0.600. The Kier molecular flexibility index (Phi) is 5.05. The van der Waals surface area contributed by atoms with Crippen molar-refractivity contribution in [1.82, 2.24) is 5.32 Å². The highest BCUT2D eigenvalue weighted by Crippen LogP contribution is 2.31. The first-order valence-corrected chi connectivity index (χ1v) is 6.87. The zero-order chi connectivity index (χ0) is 13.7. The molecule has 1 atom stereocenters. The first-order chi connectivity index (χ1) is 9.28. The molecule has 2 N–H and O–H groups in total. The van der Waals surface area contributed by atoms with Gasteiger partial charge in [-0.2, -0.15) is 0 Å². The summed E-state index contributed by atoms with van der Waals surface area (Å²) in [5.41, 5.74) is 0.955. The molecule has 0 radical (unpaired) electrons. The minimum absolute atomic E-state index is 0.0556. The van der Waals surface area contributed by atoms with Gasteiger partial charge in [-0.25, -0.2) is 0 Å². The van der Waals surface area contributed by atoms with Crippen LogP contribution in [0, 0.1) is 0 Å². The number of nitrogens with one attached hydrogen (secondary N) is 1. The van der Waals surface area contributed by atoms with Gasteiger partial charge in [0.2, 0.25) is 0 Å². The first kappa shape index (κ1) is 14.2. The van der Waals surface area contributed by atoms with Crippen LogP contribution in [0.25, 0.3) is 0 Å². The van der Waals surface area contributed by atoms with Gasteiger partial charge >= 0.3 is 0 Å². The molecule has 1 aromatic rings. The zero-order valence-electron chi connectivity index (χ0n) is 11.7. The summed E-state index contributed by atoms with van der Waals surface area (Å²) < 4.78 is 10.6. The highest BCUT2D eigenvalue weighted by Gasteiger charge is 2.22. The van der Waals surface area contributed by atoms with E-state index in [0.29, 0.717) is 6.04 Å². The standard InChI is InChI=1S/C15H23NO3/c1-18-12-7-8-15(19-2)13(9-12)14(10-17)16-11-5-3-4-6-11/h7-9,11,14,16-17H,3-6,10H2,1-2H3. The second kappa shape index (κ2) is 6.78. The molecule has 0 spiro atoms. The van der Waals surface area contributed by atoms with Crippen molar-refractivity contribution in [2.75, 3.05) is 20.8 Å². The van der Waals surface area contributed by atoms with Crippen LogP contribution in [0.3, 0.4) is 0 Å². The van der Waals surface area contributed by atoms with Gasteiger partial charge in [-0.3, -0.25) is 0 Å². The Morgan fingerprint density at radius 1 is 1.26 bits per heavy atom. The lowest BCUT2D eigenvalue weighted by Crippen LogP contribution is -2.33. The van der Waals surface area contributed by atoms with Gasteiger partial charge in [0.15, 0.2) is 0 Å².